The van der Waals surface area contributed by atoms with Gasteiger partial charge in [0.2, 0.25) is 0 Å². The molecule has 118 valence electrons. The highest BCUT2D eigenvalue weighted by Gasteiger charge is 2.26. The molecule has 0 radical (unpaired) electrons. The van der Waals surface area contributed by atoms with Crippen molar-refractivity contribution in [3.63, 3.8) is 0 Å². The first kappa shape index (κ1) is 18.9. The summed E-state index contributed by atoms with van der Waals surface area (Å²) < 4.78 is 27.5. The number of hydrogen-bond donors (Lipinski definition) is 1. The van der Waals surface area contributed by atoms with Crippen LogP contribution in [0.25, 0.3) is 0 Å². The number of carbonyl (C=O) groups is 2. The zero-order valence-electron chi connectivity index (χ0n) is 13.0. The molecule has 1 atom stereocenters. The summed E-state index contributed by atoms with van der Waals surface area (Å²) in [7, 11) is -3.19. The van der Waals surface area contributed by atoms with E-state index < -0.39 is 27.6 Å². The SMILES string of the molecule is CC(C)C(=O)[C@H](CCS(C)(=O)=O)NC(=O)OC(C)(C)C. The molecule has 0 rings (SSSR count). The van der Waals surface area contributed by atoms with E-state index in [2.05, 4.69) is 5.32 Å². The van der Waals surface area contributed by atoms with E-state index >= 15 is 0 Å². The summed E-state index contributed by atoms with van der Waals surface area (Å²) in [6.07, 6.45) is 0.428. The molecule has 0 heterocycles. The highest BCUT2D eigenvalue weighted by molar-refractivity contribution is 7.90. The average molecular weight is 307 g/mol. The zero-order chi connectivity index (χ0) is 16.1. The monoisotopic (exact) mass is 307 g/mol. The summed E-state index contributed by atoms with van der Waals surface area (Å²) in [4.78, 5) is 23.7. The van der Waals surface area contributed by atoms with Crippen molar-refractivity contribution in [3.05, 3.63) is 0 Å². The Morgan fingerprint density at radius 1 is 1.20 bits per heavy atom. The van der Waals surface area contributed by atoms with Crippen LogP contribution in [0, 0.1) is 5.92 Å². The Hall–Kier alpha value is -1.11. The lowest BCUT2D eigenvalue weighted by Gasteiger charge is -2.23. The van der Waals surface area contributed by atoms with Gasteiger partial charge in [-0.2, -0.15) is 0 Å². The Kier molecular flexibility index (Phi) is 6.67. The molecular weight excluding hydrogens is 282 g/mol. The lowest BCUT2D eigenvalue weighted by molar-refractivity contribution is -0.124. The normalized spacial score (nSPS) is 13.9. The minimum absolute atomic E-state index is 0.0507. The highest BCUT2D eigenvalue weighted by atomic mass is 32.2. The number of nitrogens with one attached hydrogen (secondary N) is 1. The number of ether oxygens (including phenoxy) is 1. The van der Waals surface area contributed by atoms with Crippen molar-refractivity contribution in [1.82, 2.24) is 5.32 Å². The van der Waals surface area contributed by atoms with Gasteiger partial charge in [-0.1, -0.05) is 13.8 Å². The topological polar surface area (TPSA) is 89.5 Å². The molecule has 0 aromatic carbocycles. The third-order valence-corrected chi connectivity index (χ3v) is 3.36. The summed E-state index contributed by atoms with van der Waals surface area (Å²) in [6.45, 7) is 8.53. The minimum Gasteiger partial charge on any atom is -0.444 e. The molecule has 0 aliphatic rings. The first-order valence-electron chi connectivity index (χ1n) is 6.53. The van der Waals surface area contributed by atoms with Crippen LogP contribution in [0.15, 0.2) is 0 Å². The van der Waals surface area contributed by atoms with E-state index in [0.29, 0.717) is 0 Å². The van der Waals surface area contributed by atoms with E-state index in [1.807, 2.05) is 0 Å². The fraction of sp³-hybridized carbons (Fsp3) is 0.846. The number of sulfone groups is 1. The summed E-state index contributed by atoms with van der Waals surface area (Å²) in [5, 5.41) is 2.45. The molecule has 20 heavy (non-hydrogen) atoms. The van der Waals surface area contributed by atoms with E-state index in [4.69, 9.17) is 4.74 Å². The fourth-order valence-corrected chi connectivity index (χ4v) is 2.13. The molecule has 7 heteroatoms. The smallest absolute Gasteiger partial charge is 0.408 e. The molecule has 0 unspecified atom stereocenters. The number of carbonyl (C=O) groups excluding carboxylic acids is 2. The van der Waals surface area contributed by atoms with Crippen LogP contribution in [-0.4, -0.2) is 43.9 Å². The number of ketones is 1. The number of amides is 1. The van der Waals surface area contributed by atoms with Gasteiger partial charge in [0, 0.05) is 12.2 Å². The van der Waals surface area contributed by atoms with E-state index in [9.17, 15) is 18.0 Å². The van der Waals surface area contributed by atoms with Gasteiger partial charge in [0.15, 0.2) is 5.78 Å². The average Bonchev–Trinajstić information content (AvgIpc) is 2.19. The molecule has 0 saturated heterocycles. The molecule has 0 spiro atoms. The maximum Gasteiger partial charge on any atom is 0.408 e. The largest absolute Gasteiger partial charge is 0.444 e. The van der Waals surface area contributed by atoms with Gasteiger partial charge < -0.3 is 10.1 Å². The Bertz CT molecular complexity index is 448. The predicted octanol–water partition coefficient (Wildman–Crippen LogP) is 1.54. The van der Waals surface area contributed by atoms with Crippen LogP contribution in [0.3, 0.4) is 0 Å². The van der Waals surface area contributed by atoms with Crippen molar-refractivity contribution >= 4 is 21.7 Å². The number of rotatable bonds is 6. The second-order valence-corrected chi connectivity index (χ2v) is 8.43. The van der Waals surface area contributed by atoms with Gasteiger partial charge in [-0.3, -0.25) is 4.79 Å². The van der Waals surface area contributed by atoms with Gasteiger partial charge in [-0.25, -0.2) is 13.2 Å². The molecule has 0 saturated carbocycles. The molecule has 0 aliphatic heterocycles. The summed E-state index contributed by atoms with van der Waals surface area (Å²) in [6, 6.07) is -0.848. The summed E-state index contributed by atoms with van der Waals surface area (Å²) in [5.41, 5.74) is -0.674. The van der Waals surface area contributed by atoms with Crippen molar-refractivity contribution in [2.45, 2.75) is 52.7 Å². The third-order valence-electron chi connectivity index (χ3n) is 2.38. The molecule has 0 aromatic rings. The quantitative estimate of drug-likeness (QED) is 0.804. The van der Waals surface area contributed by atoms with Crippen molar-refractivity contribution in [2.24, 2.45) is 5.92 Å². The van der Waals surface area contributed by atoms with E-state index in [-0.39, 0.29) is 23.9 Å². The van der Waals surface area contributed by atoms with Crippen LogP contribution in [0.4, 0.5) is 4.79 Å². The lowest BCUT2D eigenvalue weighted by atomic mass is 10.00. The summed E-state index contributed by atoms with van der Waals surface area (Å²) in [5.74, 6) is -0.666. The Balaban J connectivity index is 4.78. The lowest BCUT2D eigenvalue weighted by Crippen LogP contribution is -2.45. The molecule has 6 nitrogen and oxygen atoms in total. The number of hydrogen-bond acceptors (Lipinski definition) is 5. The first-order chi connectivity index (χ1) is 8.82. The number of alkyl carbamates (subject to hydrolysis) is 1. The Morgan fingerprint density at radius 3 is 2.05 bits per heavy atom. The van der Waals surface area contributed by atoms with E-state index in [0.717, 1.165) is 6.26 Å². The predicted molar refractivity (Wildman–Crippen MR) is 77.3 cm³/mol. The van der Waals surface area contributed by atoms with Crippen LogP contribution in [0.1, 0.15) is 41.0 Å². The van der Waals surface area contributed by atoms with Crippen molar-refractivity contribution in [3.8, 4) is 0 Å². The van der Waals surface area contributed by atoms with E-state index in [1.54, 1.807) is 34.6 Å². The van der Waals surface area contributed by atoms with E-state index in [1.165, 1.54) is 0 Å². The van der Waals surface area contributed by atoms with Crippen LogP contribution in [0.2, 0.25) is 0 Å². The van der Waals surface area contributed by atoms with Crippen molar-refractivity contribution in [1.29, 1.82) is 0 Å². The Morgan fingerprint density at radius 2 is 1.70 bits per heavy atom. The Labute approximate surface area is 121 Å². The molecular formula is C13H25NO5S. The molecule has 0 bridgehead atoms. The molecule has 0 aliphatic carbocycles. The first-order valence-corrected chi connectivity index (χ1v) is 8.59. The van der Waals surface area contributed by atoms with Crippen LogP contribution in [0.5, 0.6) is 0 Å². The van der Waals surface area contributed by atoms with Crippen molar-refractivity contribution < 1.29 is 22.7 Å². The second kappa shape index (κ2) is 7.06. The molecule has 1 amide bonds. The van der Waals surface area contributed by atoms with Crippen LogP contribution < -0.4 is 5.32 Å². The van der Waals surface area contributed by atoms with Crippen LogP contribution in [-0.2, 0) is 19.4 Å². The second-order valence-electron chi connectivity index (χ2n) is 6.17. The third kappa shape index (κ3) is 8.90. The van der Waals surface area contributed by atoms with Gasteiger partial charge in [-0.15, -0.1) is 0 Å². The minimum atomic E-state index is -3.19. The highest BCUT2D eigenvalue weighted by Crippen LogP contribution is 2.10. The van der Waals surface area contributed by atoms with Gasteiger partial charge in [0.25, 0.3) is 0 Å². The van der Waals surface area contributed by atoms with Gasteiger partial charge in [0.05, 0.1) is 11.8 Å². The molecule has 1 N–H and O–H groups in total. The maximum absolute atomic E-state index is 12.0. The van der Waals surface area contributed by atoms with Crippen molar-refractivity contribution in [2.75, 3.05) is 12.0 Å². The zero-order valence-corrected chi connectivity index (χ0v) is 13.8. The summed E-state index contributed by atoms with van der Waals surface area (Å²) >= 11 is 0. The van der Waals surface area contributed by atoms with Gasteiger partial charge in [0.1, 0.15) is 15.4 Å². The van der Waals surface area contributed by atoms with Gasteiger partial charge >= 0.3 is 6.09 Å². The molecule has 0 fully saturated rings. The standard InChI is InChI=1S/C13H25NO5S/c1-9(2)11(15)10(7-8-20(6,17)18)14-12(16)19-13(3,4)5/h9-10H,7-8H2,1-6H3,(H,14,16)/t10-/m0/s1. The van der Waals surface area contributed by atoms with Gasteiger partial charge in [-0.05, 0) is 27.2 Å². The maximum atomic E-state index is 12.0. The fourth-order valence-electron chi connectivity index (χ4n) is 1.47. The molecule has 0 aromatic heterocycles. The van der Waals surface area contributed by atoms with Crippen LogP contribution >= 0.6 is 0 Å². The number of Topliss-reactive ketones (excluding diaryl/α,β-unsaturated/α-hetero) is 1.